The lowest BCUT2D eigenvalue weighted by atomic mass is 9.67. The van der Waals surface area contributed by atoms with Crippen LogP contribution in [0.4, 0.5) is 0 Å². The molecule has 4 aliphatic heterocycles. The van der Waals surface area contributed by atoms with Gasteiger partial charge in [0.15, 0.2) is 86.1 Å². The largest absolute Gasteiger partial charge is 0.487 e. The number of aromatic nitrogens is 6. The molecule has 0 bridgehead atoms. The molecule has 5 aliphatic rings. The van der Waals surface area contributed by atoms with Crippen molar-refractivity contribution in [1.29, 1.82) is 0 Å². The molecular weight excluding hydrogens is 1820 g/mol. The van der Waals surface area contributed by atoms with Gasteiger partial charge in [-0.2, -0.15) is 0 Å². The van der Waals surface area contributed by atoms with Crippen molar-refractivity contribution in [3.8, 4) is 22.6 Å². The highest BCUT2D eigenvalue weighted by molar-refractivity contribution is 9.10. The average Bonchev–Trinajstić information content (AvgIpc) is 1.54. The molecule has 2 aromatic heterocycles. The maximum Gasteiger partial charge on any atom is 0.303 e. The SMILES string of the molecule is CC(=O)OC[C@H]1O[C@@H](O[C@H]2[C@H](OC(C)=O)[C@@H](OC(C)=O)[C@H](n3cc(COc4ccc(C5(c6ccc(OCc7cn([C@@H]8O[C@H](COC(C)=O)[C@@H](O[C@@H]9O[C@H](COC(C)=O)[C@H](OC(C)=O)[C@H](OC(C)=O)[C@H]9OC(C)=O)[C@H](OC(C)=O)[C@H]8OC(C)=O)nn7)cc6)c6cc(Br)ccc6-c6ccc(Br)cc65)cc4)nn3)O[C@@H]2COC(C)=O)[C@H](OC(C)=O)[C@@H](OC(C)=O)[C@H]1OC(C)=O. The van der Waals surface area contributed by atoms with Gasteiger partial charge in [0, 0.05) is 106 Å². The van der Waals surface area contributed by atoms with E-state index in [9.17, 15) is 67.1 Å². The molecule has 6 aromatic rings. The van der Waals surface area contributed by atoms with Gasteiger partial charge in [0.1, 0.15) is 99.2 Å². The number of hydrogen-bond acceptors (Lipinski definition) is 40. The van der Waals surface area contributed by atoms with Gasteiger partial charge in [-0.15, -0.1) is 10.2 Å². The Morgan fingerprint density at radius 2 is 0.591 bits per heavy atom. The minimum Gasteiger partial charge on any atom is -0.487 e. The number of nitrogens with zero attached hydrogens (tertiary/aromatic N) is 6. The molecule has 0 saturated carbocycles. The molecular formula is C83H90Br2N6O36. The predicted molar refractivity (Wildman–Crippen MR) is 425 cm³/mol. The third kappa shape index (κ3) is 23.7. The molecule has 0 radical (unpaired) electrons. The number of fused-ring (bicyclic) bond motifs is 3. The first-order valence-corrected chi connectivity index (χ1v) is 40.9. The molecule has 42 nitrogen and oxygen atoms in total. The van der Waals surface area contributed by atoms with E-state index in [2.05, 4.69) is 52.5 Å². The van der Waals surface area contributed by atoms with E-state index in [0.29, 0.717) is 11.5 Å². The summed E-state index contributed by atoms with van der Waals surface area (Å²) in [4.78, 5) is 179. The smallest absolute Gasteiger partial charge is 0.303 e. The van der Waals surface area contributed by atoms with Crippen LogP contribution in [0.2, 0.25) is 0 Å². The Morgan fingerprint density at radius 1 is 0.323 bits per heavy atom. The van der Waals surface area contributed by atoms with Crippen LogP contribution >= 0.6 is 31.9 Å². The lowest BCUT2D eigenvalue weighted by Gasteiger charge is -2.48. The number of rotatable bonds is 32. The first-order valence-electron chi connectivity index (χ1n) is 39.3. The van der Waals surface area contributed by atoms with Crippen LogP contribution in [0.25, 0.3) is 11.1 Å². The normalized spacial score (nSPS) is 26.1. The van der Waals surface area contributed by atoms with E-state index in [0.717, 1.165) is 149 Å². The topological polar surface area (TPSA) is 503 Å². The van der Waals surface area contributed by atoms with Gasteiger partial charge in [-0.1, -0.05) is 78.7 Å². The fraction of sp³-hybridized carbons (Fsp3) is 0.494. The maximum absolute atomic E-state index is 13.3. The minimum absolute atomic E-state index is 0.174. The van der Waals surface area contributed by atoms with Crippen molar-refractivity contribution in [3.05, 3.63) is 140 Å². The highest BCUT2D eigenvalue weighted by atomic mass is 79.9. The summed E-state index contributed by atoms with van der Waals surface area (Å²) in [6, 6.07) is 26.7. The Kier molecular flexibility index (Phi) is 31.7. The predicted octanol–water partition coefficient (Wildman–Crippen LogP) is 5.50. The first kappa shape index (κ1) is 95.7. The standard InChI is InChI=1S/C83H90Br2N6O36/c1-37(92)106-33-63-69(126-81-77(120-49(13)104)73(116-45(9)100)67(112-41(5)96)65(124-81)35-108-39(3)94)71(114-43(7)98)75(118-47(11)102)79(122-63)90-29-55(86-88-90)31-110-57-21-15-51(16-22-57)83(61-27-53(84)19-25-59(61)60-26-20-54(85)28-62(60)83)52-17-23-58(24-18-52)111-32-56-30-91(89-87-56)80-76(119-48(12)103)72(115-44(8)99)70(64(123-80)34-107-38(2)93)127-82-78(121-50(14)105)74(117-46(10)101)68(113-42(6)97)66(125-82)36-109-40(4)95/h15-30,63-82H,31-36H2,1-14H3/t63-,64-,65-,66-,67+,68+,69-,70-,71+,72+,73+,74+,75-,76-,77-,78-,79-,80-,81+,82+/m1/s1. The van der Waals surface area contributed by atoms with Crippen LogP contribution in [0.5, 0.6) is 11.5 Å². The average molecular weight is 1910 g/mol. The van der Waals surface area contributed by atoms with Gasteiger partial charge >= 0.3 is 83.6 Å². The fourth-order valence-corrected chi connectivity index (χ4v) is 16.1. The Bertz CT molecular complexity index is 4770. The highest BCUT2D eigenvalue weighted by Gasteiger charge is 2.61. The van der Waals surface area contributed by atoms with E-state index in [1.165, 1.54) is 12.4 Å². The van der Waals surface area contributed by atoms with Crippen molar-refractivity contribution >= 4 is 115 Å². The molecule has 1 aliphatic carbocycles. The summed E-state index contributed by atoms with van der Waals surface area (Å²) in [5.74, 6) is -12.0. The second kappa shape index (κ2) is 42.1. The van der Waals surface area contributed by atoms with Gasteiger partial charge in [-0.25, -0.2) is 9.36 Å². The molecule has 0 N–H and O–H groups in total. The number of carbonyl (C=O) groups excluding carboxylic acids is 14. The zero-order valence-electron chi connectivity index (χ0n) is 70.7. The summed E-state index contributed by atoms with van der Waals surface area (Å²) in [6.45, 7) is 11.5. The van der Waals surface area contributed by atoms with Crippen LogP contribution in [-0.2, 0) is 180 Å². The van der Waals surface area contributed by atoms with E-state index in [1.54, 1.807) is 24.3 Å². The van der Waals surface area contributed by atoms with E-state index in [4.69, 9.17) is 104 Å². The Hall–Kier alpha value is -11.9. The van der Waals surface area contributed by atoms with Gasteiger partial charge in [0.05, 0.1) is 17.8 Å². The third-order valence-corrected chi connectivity index (χ3v) is 20.8. The third-order valence-electron chi connectivity index (χ3n) is 19.9. The molecule has 11 rings (SSSR count). The molecule has 127 heavy (non-hydrogen) atoms. The molecule has 682 valence electrons. The first-order chi connectivity index (χ1) is 60.2. The van der Waals surface area contributed by atoms with E-state index >= 15 is 0 Å². The van der Waals surface area contributed by atoms with Crippen LogP contribution < -0.4 is 9.47 Å². The molecule has 4 aromatic carbocycles. The molecule has 4 fully saturated rings. The van der Waals surface area contributed by atoms with Gasteiger partial charge in [-0.3, -0.25) is 67.1 Å². The molecule has 44 heteroatoms. The summed E-state index contributed by atoms with van der Waals surface area (Å²) in [5, 5.41) is 17.3. The van der Waals surface area contributed by atoms with Crippen molar-refractivity contribution in [2.24, 2.45) is 0 Å². The summed E-state index contributed by atoms with van der Waals surface area (Å²) >= 11 is 7.49. The van der Waals surface area contributed by atoms with E-state index in [-0.39, 0.29) is 24.6 Å². The van der Waals surface area contributed by atoms with E-state index in [1.807, 2.05) is 60.7 Å². The van der Waals surface area contributed by atoms with Crippen molar-refractivity contribution < 1.29 is 171 Å². The van der Waals surface area contributed by atoms with Crippen LogP contribution in [-0.4, -0.2) is 250 Å². The Labute approximate surface area is 740 Å². The van der Waals surface area contributed by atoms with Gasteiger partial charge in [0.25, 0.3) is 0 Å². The minimum atomic E-state index is -1.93. The molecule has 20 atom stereocenters. The fourth-order valence-electron chi connectivity index (χ4n) is 15.4. The Balaban J connectivity index is 0.857. The number of benzene rings is 4. The van der Waals surface area contributed by atoms with Crippen molar-refractivity contribution in [3.63, 3.8) is 0 Å². The van der Waals surface area contributed by atoms with Crippen molar-refractivity contribution in [2.75, 3.05) is 26.4 Å². The number of carbonyl (C=O) groups is 14. The van der Waals surface area contributed by atoms with Crippen LogP contribution in [0.3, 0.4) is 0 Å². The zero-order chi connectivity index (χ0) is 92.2. The number of hydrogen-bond donors (Lipinski definition) is 0. The second-order valence-electron chi connectivity index (χ2n) is 29.5. The molecule has 6 heterocycles. The van der Waals surface area contributed by atoms with E-state index < -0.39 is 238 Å². The Morgan fingerprint density at radius 3 is 0.882 bits per heavy atom. The van der Waals surface area contributed by atoms with Crippen molar-refractivity contribution in [2.45, 2.75) is 238 Å². The summed E-state index contributed by atoms with van der Waals surface area (Å²) < 4.78 is 134. The van der Waals surface area contributed by atoms with Crippen LogP contribution in [0.1, 0.15) is 143 Å². The number of halogens is 2. The van der Waals surface area contributed by atoms with Crippen LogP contribution in [0, 0.1) is 0 Å². The van der Waals surface area contributed by atoms with Gasteiger partial charge in [-0.05, 0) is 81.9 Å². The van der Waals surface area contributed by atoms with Gasteiger partial charge < -0.3 is 104 Å². The molecule has 4 saturated heterocycles. The quantitative estimate of drug-likeness (QED) is 0.0371. The van der Waals surface area contributed by atoms with Crippen molar-refractivity contribution in [1.82, 2.24) is 30.0 Å². The second-order valence-corrected chi connectivity index (χ2v) is 31.3. The summed E-state index contributed by atoms with van der Waals surface area (Å²) in [7, 11) is 0. The lowest BCUT2D eigenvalue weighted by Crippen LogP contribution is -2.66. The van der Waals surface area contributed by atoms with Gasteiger partial charge in [0.2, 0.25) is 0 Å². The number of ether oxygens (including phenoxy) is 22. The highest BCUT2D eigenvalue weighted by Crippen LogP contribution is 2.58. The monoisotopic (exact) mass is 1900 g/mol. The molecule has 0 amide bonds. The molecule has 0 unspecified atom stereocenters. The summed E-state index contributed by atoms with van der Waals surface area (Å²) in [5.41, 5.74) is 4.51. The lowest BCUT2D eigenvalue weighted by molar-refractivity contribution is -0.349. The summed E-state index contributed by atoms with van der Waals surface area (Å²) in [6.07, 6.45) is -31.1. The number of esters is 14. The van der Waals surface area contributed by atoms with Crippen LogP contribution in [0.15, 0.2) is 106 Å². The zero-order valence-corrected chi connectivity index (χ0v) is 73.8. The maximum atomic E-state index is 13.3. The molecule has 0 spiro atoms.